The van der Waals surface area contributed by atoms with Gasteiger partial charge in [0.25, 0.3) is 0 Å². The van der Waals surface area contributed by atoms with Crippen LogP contribution >= 0.6 is 0 Å². The lowest BCUT2D eigenvalue weighted by Gasteiger charge is -2.10. The molecule has 0 spiro atoms. The quantitative estimate of drug-likeness (QED) is 0.785. The topological polar surface area (TPSA) is 73.0 Å². The Labute approximate surface area is 133 Å². The number of hydrogen-bond acceptors (Lipinski definition) is 4. The van der Waals surface area contributed by atoms with Crippen LogP contribution in [0.5, 0.6) is 0 Å². The van der Waals surface area contributed by atoms with Gasteiger partial charge in [-0.25, -0.2) is 9.97 Å². The third-order valence-corrected chi connectivity index (χ3v) is 4.11. The van der Waals surface area contributed by atoms with Crippen LogP contribution in [0.4, 0.5) is 0 Å². The molecule has 2 atom stereocenters. The molecule has 0 radical (unpaired) electrons. The third-order valence-electron chi connectivity index (χ3n) is 4.11. The highest BCUT2D eigenvalue weighted by molar-refractivity contribution is 5.82. The lowest BCUT2D eigenvalue weighted by Crippen LogP contribution is -2.25. The fraction of sp³-hybridized carbons (Fsp3) is 0.235. The van der Waals surface area contributed by atoms with Crippen molar-refractivity contribution in [3.05, 3.63) is 66.8 Å². The molecule has 0 aromatic carbocycles. The number of hydrogen-bond donors (Lipinski definition) is 1. The molecule has 6 heteroatoms. The highest BCUT2D eigenvalue weighted by Crippen LogP contribution is 2.47. The van der Waals surface area contributed by atoms with Crippen molar-refractivity contribution in [2.75, 3.05) is 0 Å². The second kappa shape index (κ2) is 5.72. The van der Waals surface area contributed by atoms with Crippen molar-refractivity contribution in [3.8, 4) is 5.82 Å². The summed E-state index contributed by atoms with van der Waals surface area (Å²) in [7, 11) is 0. The standard InChI is InChI=1S/C17H16N4O2/c22-17(14-9-13(14)15-4-2-8-23-15)20-10-12-3-1-5-19-16(12)21-7-6-18-11-21/h1-8,11,13-14H,9-10H2,(H,20,22)/t13-,14-/m1/s1. The summed E-state index contributed by atoms with van der Waals surface area (Å²) in [6, 6.07) is 7.61. The molecule has 23 heavy (non-hydrogen) atoms. The Balaban J connectivity index is 1.41. The molecule has 0 unspecified atom stereocenters. The molecule has 0 aliphatic heterocycles. The number of nitrogens with one attached hydrogen (secondary N) is 1. The van der Waals surface area contributed by atoms with E-state index in [1.54, 1.807) is 25.0 Å². The number of amides is 1. The average Bonchev–Trinajstić information content (AvgIpc) is 3.01. The summed E-state index contributed by atoms with van der Waals surface area (Å²) in [5, 5.41) is 3.00. The first-order chi connectivity index (χ1) is 11.3. The molecular formula is C17H16N4O2. The Hall–Kier alpha value is -2.89. The molecule has 1 aliphatic rings. The second-order valence-electron chi connectivity index (χ2n) is 5.64. The number of nitrogens with zero attached hydrogens (tertiary/aromatic N) is 3. The predicted octanol–water partition coefficient (Wildman–Crippen LogP) is 2.28. The molecule has 1 fully saturated rings. The van der Waals surface area contributed by atoms with Gasteiger partial charge in [0.1, 0.15) is 17.9 Å². The van der Waals surface area contributed by atoms with Gasteiger partial charge >= 0.3 is 0 Å². The first-order valence-corrected chi connectivity index (χ1v) is 7.56. The molecule has 0 bridgehead atoms. The van der Waals surface area contributed by atoms with Crippen molar-refractivity contribution in [1.29, 1.82) is 0 Å². The van der Waals surface area contributed by atoms with Gasteiger partial charge in [0, 0.05) is 42.5 Å². The van der Waals surface area contributed by atoms with E-state index in [2.05, 4.69) is 15.3 Å². The first-order valence-electron chi connectivity index (χ1n) is 7.56. The maximum Gasteiger partial charge on any atom is 0.224 e. The van der Waals surface area contributed by atoms with Crippen molar-refractivity contribution in [2.24, 2.45) is 5.92 Å². The zero-order valence-corrected chi connectivity index (χ0v) is 12.4. The number of furan rings is 1. The van der Waals surface area contributed by atoms with E-state index in [9.17, 15) is 4.79 Å². The van der Waals surface area contributed by atoms with Crippen LogP contribution in [0.1, 0.15) is 23.7 Å². The minimum absolute atomic E-state index is 0.00881. The second-order valence-corrected chi connectivity index (χ2v) is 5.64. The van der Waals surface area contributed by atoms with Gasteiger partial charge in [0.05, 0.1) is 6.26 Å². The summed E-state index contributed by atoms with van der Waals surface area (Å²) in [5.41, 5.74) is 0.953. The summed E-state index contributed by atoms with van der Waals surface area (Å²) < 4.78 is 7.21. The van der Waals surface area contributed by atoms with E-state index in [-0.39, 0.29) is 17.7 Å². The molecular weight excluding hydrogens is 292 g/mol. The average molecular weight is 308 g/mol. The Kier molecular flexibility index (Phi) is 3.42. The summed E-state index contributed by atoms with van der Waals surface area (Å²) in [6.45, 7) is 0.446. The van der Waals surface area contributed by atoms with Crippen molar-refractivity contribution in [2.45, 2.75) is 18.9 Å². The van der Waals surface area contributed by atoms with E-state index in [4.69, 9.17) is 4.42 Å². The monoisotopic (exact) mass is 308 g/mol. The van der Waals surface area contributed by atoms with E-state index < -0.39 is 0 Å². The highest BCUT2D eigenvalue weighted by Gasteiger charge is 2.45. The number of rotatable bonds is 5. The predicted molar refractivity (Wildman–Crippen MR) is 82.8 cm³/mol. The van der Waals surface area contributed by atoms with Gasteiger partial charge in [-0.15, -0.1) is 0 Å². The van der Waals surface area contributed by atoms with Crippen LogP contribution in [-0.2, 0) is 11.3 Å². The maximum absolute atomic E-state index is 12.3. The van der Waals surface area contributed by atoms with Crippen LogP contribution in [0, 0.1) is 5.92 Å². The van der Waals surface area contributed by atoms with Gasteiger partial charge in [0.15, 0.2) is 0 Å². The molecule has 1 amide bonds. The Morgan fingerprint density at radius 3 is 3.09 bits per heavy atom. The molecule has 1 N–H and O–H groups in total. The SMILES string of the molecule is O=C(NCc1cccnc1-n1ccnc1)[C@@H]1C[C@H]1c1ccco1. The van der Waals surface area contributed by atoms with Crippen LogP contribution in [-0.4, -0.2) is 20.4 Å². The Morgan fingerprint density at radius 1 is 1.35 bits per heavy atom. The largest absolute Gasteiger partial charge is 0.469 e. The number of aromatic nitrogens is 3. The molecule has 3 aromatic heterocycles. The van der Waals surface area contributed by atoms with Crippen molar-refractivity contribution in [3.63, 3.8) is 0 Å². The molecule has 3 aromatic rings. The Bertz CT molecular complexity index is 796. The number of pyridine rings is 1. The van der Waals surface area contributed by atoms with Crippen LogP contribution < -0.4 is 5.32 Å². The Morgan fingerprint density at radius 2 is 2.30 bits per heavy atom. The van der Waals surface area contributed by atoms with Gasteiger partial charge in [-0.2, -0.15) is 0 Å². The molecule has 6 nitrogen and oxygen atoms in total. The van der Waals surface area contributed by atoms with Gasteiger partial charge in [-0.3, -0.25) is 9.36 Å². The number of carbonyl (C=O) groups is 1. The molecule has 1 saturated carbocycles. The number of imidazole rings is 1. The van der Waals surface area contributed by atoms with E-state index >= 15 is 0 Å². The van der Waals surface area contributed by atoms with Gasteiger partial charge in [-0.1, -0.05) is 6.07 Å². The summed E-state index contributed by atoms with van der Waals surface area (Å²) in [6.07, 6.45) is 9.46. The van der Waals surface area contributed by atoms with Gasteiger partial charge in [-0.05, 0) is 24.6 Å². The minimum atomic E-state index is 0.00881. The van der Waals surface area contributed by atoms with E-state index in [0.29, 0.717) is 6.54 Å². The minimum Gasteiger partial charge on any atom is -0.469 e. The van der Waals surface area contributed by atoms with Gasteiger partial charge in [0.2, 0.25) is 5.91 Å². The van der Waals surface area contributed by atoms with Crippen LogP contribution in [0.2, 0.25) is 0 Å². The van der Waals surface area contributed by atoms with Crippen molar-refractivity contribution in [1.82, 2.24) is 19.9 Å². The number of carbonyl (C=O) groups excluding carboxylic acids is 1. The summed E-state index contributed by atoms with van der Waals surface area (Å²) in [4.78, 5) is 20.7. The van der Waals surface area contributed by atoms with E-state index in [0.717, 1.165) is 23.6 Å². The molecule has 1 aliphatic carbocycles. The zero-order valence-electron chi connectivity index (χ0n) is 12.4. The maximum atomic E-state index is 12.3. The summed E-state index contributed by atoms with van der Waals surface area (Å²) in [5.74, 6) is 1.96. The summed E-state index contributed by atoms with van der Waals surface area (Å²) >= 11 is 0. The lowest BCUT2D eigenvalue weighted by atomic mass is 10.2. The van der Waals surface area contributed by atoms with Crippen molar-refractivity contribution < 1.29 is 9.21 Å². The molecule has 0 saturated heterocycles. The van der Waals surface area contributed by atoms with Crippen LogP contribution in [0.25, 0.3) is 5.82 Å². The molecule has 4 rings (SSSR count). The third kappa shape index (κ3) is 2.75. The fourth-order valence-electron chi connectivity index (χ4n) is 2.80. The van der Waals surface area contributed by atoms with Gasteiger partial charge < -0.3 is 9.73 Å². The van der Waals surface area contributed by atoms with Crippen LogP contribution in [0.3, 0.4) is 0 Å². The highest BCUT2D eigenvalue weighted by atomic mass is 16.3. The zero-order chi connectivity index (χ0) is 15.6. The smallest absolute Gasteiger partial charge is 0.224 e. The first kappa shape index (κ1) is 13.8. The van der Waals surface area contributed by atoms with E-state index in [1.807, 2.05) is 35.0 Å². The van der Waals surface area contributed by atoms with E-state index in [1.165, 1.54) is 0 Å². The van der Waals surface area contributed by atoms with Crippen LogP contribution in [0.15, 0.2) is 59.9 Å². The normalized spacial score (nSPS) is 19.5. The molecule has 3 heterocycles. The van der Waals surface area contributed by atoms with Crippen molar-refractivity contribution >= 4 is 5.91 Å². The molecule has 116 valence electrons. The lowest BCUT2D eigenvalue weighted by molar-refractivity contribution is -0.122. The fourth-order valence-corrected chi connectivity index (χ4v) is 2.80.